The van der Waals surface area contributed by atoms with Crippen molar-refractivity contribution in [2.75, 3.05) is 25.6 Å². The van der Waals surface area contributed by atoms with E-state index in [-0.39, 0.29) is 24.2 Å². The Balaban J connectivity index is 0.00000256. The number of hydrogen-bond donors (Lipinski definition) is 2. The Bertz CT molecular complexity index is 343. The summed E-state index contributed by atoms with van der Waals surface area (Å²) in [5.74, 6) is -0.281. The average Bonchev–Trinajstić information content (AvgIpc) is 2.72. The lowest BCUT2D eigenvalue weighted by Gasteiger charge is -2.07. The fourth-order valence-electron chi connectivity index (χ4n) is 1.11. The van der Waals surface area contributed by atoms with Crippen LogP contribution in [-0.2, 0) is 16.1 Å². The molecule has 6 nitrogen and oxygen atoms in total. The molecular weight excluding hydrogens is 244 g/mol. The number of rotatable bonds is 6. The van der Waals surface area contributed by atoms with E-state index in [1.165, 1.54) is 0 Å². The fraction of sp³-hybridized carbons (Fsp3) is 0.600. The summed E-state index contributed by atoms with van der Waals surface area (Å²) >= 11 is 0. The largest absolute Gasteiger partial charge is 0.383 e. The van der Waals surface area contributed by atoms with Gasteiger partial charge in [-0.15, -0.1) is 12.4 Å². The van der Waals surface area contributed by atoms with Gasteiger partial charge in [-0.05, 0) is 0 Å². The predicted octanol–water partition coefficient (Wildman–Crippen LogP) is 0.485. The molecule has 0 aliphatic heterocycles. The topological polar surface area (TPSA) is 82.2 Å². The molecule has 1 atom stereocenters. The van der Waals surface area contributed by atoms with Crippen LogP contribution in [0.2, 0.25) is 0 Å². The Morgan fingerprint density at radius 3 is 3.00 bits per heavy atom. The number of anilines is 1. The van der Waals surface area contributed by atoms with E-state index in [0.29, 0.717) is 25.4 Å². The number of nitrogens with one attached hydrogen (secondary N) is 1. The van der Waals surface area contributed by atoms with Gasteiger partial charge in [0.15, 0.2) is 0 Å². The molecule has 98 valence electrons. The highest BCUT2D eigenvalue weighted by Gasteiger charge is 2.11. The number of methoxy groups -OCH3 is 1. The first-order valence-electron chi connectivity index (χ1n) is 5.19. The number of carbonyl (C=O) groups excluding carboxylic acids is 1. The summed E-state index contributed by atoms with van der Waals surface area (Å²) in [5, 5.41) is 6.83. The van der Waals surface area contributed by atoms with E-state index >= 15 is 0 Å². The van der Waals surface area contributed by atoms with E-state index in [4.69, 9.17) is 10.5 Å². The molecule has 0 fully saturated rings. The smallest absolute Gasteiger partial charge is 0.228 e. The third-order valence-corrected chi connectivity index (χ3v) is 2.23. The zero-order valence-corrected chi connectivity index (χ0v) is 10.9. The Hall–Kier alpha value is -1.11. The minimum Gasteiger partial charge on any atom is -0.383 e. The molecule has 0 radical (unpaired) electrons. The van der Waals surface area contributed by atoms with E-state index in [1.54, 1.807) is 31.1 Å². The maximum absolute atomic E-state index is 11.5. The second-order valence-electron chi connectivity index (χ2n) is 3.61. The summed E-state index contributed by atoms with van der Waals surface area (Å²) in [5.41, 5.74) is 6.08. The molecule has 0 saturated heterocycles. The number of carbonyl (C=O) groups is 1. The fourth-order valence-corrected chi connectivity index (χ4v) is 1.11. The lowest BCUT2D eigenvalue weighted by Crippen LogP contribution is -2.26. The molecule has 7 heteroatoms. The summed E-state index contributed by atoms with van der Waals surface area (Å²) < 4.78 is 6.64. The van der Waals surface area contributed by atoms with Crippen molar-refractivity contribution in [3.8, 4) is 0 Å². The van der Waals surface area contributed by atoms with Gasteiger partial charge >= 0.3 is 0 Å². The molecule has 0 aliphatic rings. The molecule has 1 unspecified atom stereocenters. The van der Waals surface area contributed by atoms with Crippen LogP contribution in [0.15, 0.2) is 12.4 Å². The first-order chi connectivity index (χ1) is 7.67. The van der Waals surface area contributed by atoms with Gasteiger partial charge in [0, 0.05) is 25.8 Å². The second kappa shape index (κ2) is 8.05. The number of hydrogen-bond acceptors (Lipinski definition) is 4. The van der Waals surface area contributed by atoms with E-state index in [1.807, 2.05) is 0 Å². The highest BCUT2D eigenvalue weighted by molar-refractivity contribution is 5.92. The molecule has 1 rings (SSSR count). The van der Waals surface area contributed by atoms with Gasteiger partial charge in [-0.25, -0.2) is 0 Å². The first-order valence-corrected chi connectivity index (χ1v) is 5.19. The third kappa shape index (κ3) is 5.16. The standard InChI is InChI=1S/C10H18N4O2.ClH/c1-8(5-11)10(15)13-9-6-12-14(7-9)3-4-16-2;/h6-8H,3-5,11H2,1-2H3,(H,13,15);1H. The summed E-state index contributed by atoms with van der Waals surface area (Å²) in [6.07, 6.45) is 3.37. The van der Waals surface area contributed by atoms with Crippen LogP contribution in [0.3, 0.4) is 0 Å². The summed E-state index contributed by atoms with van der Waals surface area (Å²) in [4.78, 5) is 11.5. The monoisotopic (exact) mass is 262 g/mol. The molecule has 3 N–H and O–H groups in total. The summed E-state index contributed by atoms with van der Waals surface area (Å²) in [6.45, 7) is 3.38. The number of nitrogens with zero attached hydrogens (tertiary/aromatic N) is 2. The van der Waals surface area contributed by atoms with E-state index in [0.717, 1.165) is 0 Å². The molecule has 1 aromatic heterocycles. The maximum atomic E-state index is 11.5. The van der Waals surface area contributed by atoms with E-state index in [2.05, 4.69) is 10.4 Å². The van der Waals surface area contributed by atoms with Crippen molar-refractivity contribution >= 4 is 24.0 Å². The van der Waals surface area contributed by atoms with Gasteiger partial charge in [0.1, 0.15) is 0 Å². The molecule has 0 spiro atoms. The van der Waals surface area contributed by atoms with Gasteiger partial charge in [0.2, 0.25) is 5.91 Å². The average molecular weight is 263 g/mol. The molecule has 0 aliphatic carbocycles. The van der Waals surface area contributed by atoms with Gasteiger partial charge in [-0.1, -0.05) is 6.92 Å². The van der Waals surface area contributed by atoms with Crippen LogP contribution in [0.25, 0.3) is 0 Å². The molecule has 0 bridgehead atoms. The van der Waals surface area contributed by atoms with Gasteiger partial charge in [-0.2, -0.15) is 5.10 Å². The first kappa shape index (κ1) is 15.9. The molecule has 1 heterocycles. The van der Waals surface area contributed by atoms with Crippen molar-refractivity contribution in [2.24, 2.45) is 11.7 Å². The Kier molecular flexibility index (Phi) is 7.53. The van der Waals surface area contributed by atoms with Crippen molar-refractivity contribution in [3.05, 3.63) is 12.4 Å². The van der Waals surface area contributed by atoms with Gasteiger partial charge in [0.25, 0.3) is 0 Å². The zero-order valence-electron chi connectivity index (χ0n) is 10.0. The van der Waals surface area contributed by atoms with Crippen LogP contribution in [-0.4, -0.2) is 35.9 Å². The highest BCUT2D eigenvalue weighted by atomic mass is 35.5. The number of nitrogens with two attached hydrogens (primary N) is 1. The van der Waals surface area contributed by atoms with Crippen molar-refractivity contribution < 1.29 is 9.53 Å². The molecule has 0 saturated carbocycles. The quantitative estimate of drug-likeness (QED) is 0.782. The molecule has 1 amide bonds. The van der Waals surface area contributed by atoms with E-state index < -0.39 is 0 Å². The Morgan fingerprint density at radius 1 is 1.71 bits per heavy atom. The summed E-state index contributed by atoms with van der Waals surface area (Å²) in [6, 6.07) is 0. The van der Waals surface area contributed by atoms with Gasteiger partial charge in [-0.3, -0.25) is 9.48 Å². The molecule has 0 aromatic carbocycles. The summed E-state index contributed by atoms with van der Waals surface area (Å²) in [7, 11) is 1.63. The predicted molar refractivity (Wildman–Crippen MR) is 68.2 cm³/mol. The SMILES string of the molecule is COCCn1cc(NC(=O)C(C)CN)cn1.Cl. The van der Waals surface area contributed by atoms with Crippen molar-refractivity contribution in [3.63, 3.8) is 0 Å². The molecule has 1 aromatic rings. The van der Waals surface area contributed by atoms with Crippen molar-refractivity contribution in [1.82, 2.24) is 9.78 Å². The van der Waals surface area contributed by atoms with E-state index in [9.17, 15) is 4.79 Å². The number of ether oxygens (including phenoxy) is 1. The van der Waals surface area contributed by atoms with Crippen LogP contribution in [0.4, 0.5) is 5.69 Å². The Labute approximate surface area is 107 Å². The van der Waals surface area contributed by atoms with Crippen molar-refractivity contribution in [1.29, 1.82) is 0 Å². The number of halogens is 1. The maximum Gasteiger partial charge on any atom is 0.228 e. The van der Waals surface area contributed by atoms with Crippen LogP contribution < -0.4 is 11.1 Å². The van der Waals surface area contributed by atoms with Crippen LogP contribution in [0.5, 0.6) is 0 Å². The lowest BCUT2D eigenvalue weighted by molar-refractivity contribution is -0.119. The van der Waals surface area contributed by atoms with Gasteiger partial charge < -0.3 is 15.8 Å². The highest BCUT2D eigenvalue weighted by Crippen LogP contribution is 2.06. The number of aromatic nitrogens is 2. The molecular formula is C10H19ClN4O2. The van der Waals surface area contributed by atoms with Crippen LogP contribution in [0, 0.1) is 5.92 Å². The minimum atomic E-state index is -0.192. The number of amides is 1. The zero-order chi connectivity index (χ0) is 12.0. The third-order valence-electron chi connectivity index (χ3n) is 2.23. The lowest BCUT2D eigenvalue weighted by atomic mass is 10.2. The second-order valence-corrected chi connectivity index (χ2v) is 3.61. The van der Waals surface area contributed by atoms with Gasteiger partial charge in [0.05, 0.1) is 25.0 Å². The van der Waals surface area contributed by atoms with Crippen LogP contribution >= 0.6 is 12.4 Å². The minimum absolute atomic E-state index is 0. The molecule has 17 heavy (non-hydrogen) atoms. The Morgan fingerprint density at radius 2 is 2.41 bits per heavy atom. The van der Waals surface area contributed by atoms with Crippen molar-refractivity contribution in [2.45, 2.75) is 13.5 Å². The van der Waals surface area contributed by atoms with Crippen LogP contribution in [0.1, 0.15) is 6.92 Å². The normalized spacial score (nSPS) is 11.7.